The molecule has 0 bridgehead atoms. The predicted molar refractivity (Wildman–Crippen MR) is 73.6 cm³/mol. The molecule has 2 aromatic rings. The maximum Gasteiger partial charge on any atom is 0.291 e. The van der Waals surface area contributed by atoms with Crippen molar-refractivity contribution in [3.63, 3.8) is 0 Å². The van der Waals surface area contributed by atoms with Crippen LogP contribution in [0, 0.1) is 0 Å². The van der Waals surface area contributed by atoms with Gasteiger partial charge in [-0.2, -0.15) is 5.10 Å². The summed E-state index contributed by atoms with van der Waals surface area (Å²) in [7, 11) is 0. The van der Waals surface area contributed by atoms with Gasteiger partial charge in [-0.15, -0.1) is 0 Å². The molecule has 0 unspecified atom stereocenters. The first-order valence-electron chi connectivity index (χ1n) is 5.21. The van der Waals surface area contributed by atoms with Crippen molar-refractivity contribution in [2.24, 2.45) is 5.10 Å². The van der Waals surface area contributed by atoms with Crippen LogP contribution in [0.2, 0.25) is 10.0 Å². The molecule has 0 saturated heterocycles. The van der Waals surface area contributed by atoms with Crippen LogP contribution in [0.4, 0.5) is 0 Å². The molecular weight excluding hydrogens is 287 g/mol. The van der Waals surface area contributed by atoms with Crippen molar-refractivity contribution < 1.29 is 4.79 Å². The Bertz CT molecular complexity index is 616. The van der Waals surface area contributed by atoms with E-state index in [1.807, 2.05) is 0 Å². The summed E-state index contributed by atoms with van der Waals surface area (Å²) < 4.78 is 0. The number of carbonyl (C=O) groups excluding carboxylic acids is 1. The largest absolute Gasteiger partial charge is 0.291 e. The highest BCUT2D eigenvalue weighted by Gasteiger charge is 2.04. The minimum atomic E-state index is -0.440. The number of hydrogen-bond donors (Lipinski definition) is 1. The zero-order chi connectivity index (χ0) is 13.7. The average Bonchev–Trinajstić information content (AvgIpc) is 2.43. The zero-order valence-electron chi connectivity index (χ0n) is 9.55. The quantitative estimate of drug-likeness (QED) is 0.699. The van der Waals surface area contributed by atoms with Crippen molar-refractivity contribution in [3.8, 4) is 0 Å². The number of benzene rings is 1. The van der Waals surface area contributed by atoms with Gasteiger partial charge in [-0.25, -0.2) is 10.4 Å². The summed E-state index contributed by atoms with van der Waals surface area (Å²) in [6.07, 6.45) is 5.72. The van der Waals surface area contributed by atoms with Crippen molar-refractivity contribution in [2.45, 2.75) is 0 Å². The first-order chi connectivity index (χ1) is 9.16. The van der Waals surface area contributed by atoms with Crippen LogP contribution in [-0.2, 0) is 0 Å². The van der Waals surface area contributed by atoms with Crippen LogP contribution in [0.15, 0.2) is 41.9 Å². The number of halogens is 2. The number of carbonyl (C=O) groups is 1. The molecule has 0 fully saturated rings. The molecule has 1 amide bonds. The van der Waals surface area contributed by atoms with Crippen molar-refractivity contribution in [3.05, 3.63) is 58.1 Å². The van der Waals surface area contributed by atoms with Crippen LogP contribution in [0.25, 0.3) is 0 Å². The minimum Gasteiger partial charge on any atom is -0.265 e. The highest BCUT2D eigenvalue weighted by atomic mass is 35.5. The van der Waals surface area contributed by atoms with Gasteiger partial charge < -0.3 is 0 Å². The molecule has 1 aromatic heterocycles. The van der Waals surface area contributed by atoms with E-state index in [0.29, 0.717) is 15.6 Å². The number of nitrogens with one attached hydrogen (secondary N) is 1. The van der Waals surface area contributed by atoms with Gasteiger partial charge in [0.05, 0.1) is 22.5 Å². The molecule has 0 radical (unpaired) electrons. The van der Waals surface area contributed by atoms with E-state index in [0.717, 1.165) is 0 Å². The third-order valence-corrected chi connectivity index (χ3v) is 2.86. The Morgan fingerprint density at radius 1 is 1.26 bits per heavy atom. The number of rotatable bonds is 3. The van der Waals surface area contributed by atoms with E-state index in [1.54, 1.807) is 18.2 Å². The van der Waals surface area contributed by atoms with E-state index in [1.165, 1.54) is 24.8 Å². The Hall–Kier alpha value is -1.98. The van der Waals surface area contributed by atoms with E-state index in [-0.39, 0.29) is 5.69 Å². The van der Waals surface area contributed by atoms with Gasteiger partial charge in [0.25, 0.3) is 5.91 Å². The van der Waals surface area contributed by atoms with E-state index in [4.69, 9.17) is 23.2 Å². The summed E-state index contributed by atoms with van der Waals surface area (Å²) in [6.45, 7) is 0. The molecular formula is C12H8Cl2N4O. The van der Waals surface area contributed by atoms with Crippen LogP contribution in [0.1, 0.15) is 16.1 Å². The molecule has 1 heterocycles. The summed E-state index contributed by atoms with van der Waals surface area (Å²) >= 11 is 11.6. The second kappa shape index (κ2) is 6.26. The fraction of sp³-hybridized carbons (Fsp3) is 0. The van der Waals surface area contributed by atoms with E-state index >= 15 is 0 Å². The lowest BCUT2D eigenvalue weighted by Crippen LogP contribution is -2.19. The standard InChI is InChI=1S/C12H8Cl2N4O/c13-9-2-1-8(5-10(9)14)6-17-18-12(19)11-7-15-3-4-16-11/h1-7H,(H,18,19)/b17-6+. The maximum absolute atomic E-state index is 11.6. The van der Waals surface area contributed by atoms with Crippen LogP contribution < -0.4 is 5.43 Å². The molecule has 0 spiro atoms. The molecule has 0 saturated carbocycles. The zero-order valence-corrected chi connectivity index (χ0v) is 11.1. The lowest BCUT2D eigenvalue weighted by molar-refractivity contribution is 0.0950. The molecule has 96 valence electrons. The molecule has 1 aromatic carbocycles. The summed E-state index contributed by atoms with van der Waals surface area (Å²) in [5.41, 5.74) is 3.24. The number of aromatic nitrogens is 2. The molecule has 19 heavy (non-hydrogen) atoms. The molecule has 0 atom stereocenters. The third-order valence-electron chi connectivity index (χ3n) is 2.12. The Kier molecular flexibility index (Phi) is 4.43. The predicted octanol–water partition coefficient (Wildman–Crippen LogP) is 2.55. The molecule has 0 aliphatic rings. The summed E-state index contributed by atoms with van der Waals surface area (Å²) in [5, 5.41) is 4.68. The van der Waals surface area contributed by atoms with Gasteiger partial charge >= 0.3 is 0 Å². The first kappa shape index (κ1) is 13.5. The second-order valence-corrected chi connectivity index (χ2v) is 4.28. The number of hydrazone groups is 1. The number of amides is 1. The van der Waals surface area contributed by atoms with Gasteiger partial charge in [0.2, 0.25) is 0 Å². The van der Waals surface area contributed by atoms with Crippen molar-refractivity contribution in [2.75, 3.05) is 0 Å². The van der Waals surface area contributed by atoms with Gasteiger partial charge in [0, 0.05) is 12.4 Å². The molecule has 7 heteroatoms. The van der Waals surface area contributed by atoms with Crippen LogP contribution in [0.5, 0.6) is 0 Å². The molecule has 5 nitrogen and oxygen atoms in total. The van der Waals surface area contributed by atoms with Gasteiger partial charge in [-0.1, -0.05) is 29.3 Å². The SMILES string of the molecule is O=C(N/N=C/c1ccc(Cl)c(Cl)c1)c1cnccn1. The third kappa shape index (κ3) is 3.74. The van der Waals surface area contributed by atoms with Crippen LogP contribution >= 0.6 is 23.2 Å². The average molecular weight is 295 g/mol. The van der Waals surface area contributed by atoms with Gasteiger partial charge in [0.1, 0.15) is 5.69 Å². The van der Waals surface area contributed by atoms with Gasteiger partial charge in [0.15, 0.2) is 0 Å². The Morgan fingerprint density at radius 3 is 2.79 bits per heavy atom. The minimum absolute atomic E-state index is 0.189. The fourth-order valence-corrected chi connectivity index (χ4v) is 1.54. The second-order valence-electron chi connectivity index (χ2n) is 3.46. The molecule has 0 aliphatic heterocycles. The van der Waals surface area contributed by atoms with E-state index < -0.39 is 5.91 Å². The highest BCUT2D eigenvalue weighted by Crippen LogP contribution is 2.21. The monoisotopic (exact) mass is 294 g/mol. The normalized spacial score (nSPS) is 10.6. The van der Waals surface area contributed by atoms with Gasteiger partial charge in [-0.3, -0.25) is 9.78 Å². The van der Waals surface area contributed by atoms with Gasteiger partial charge in [-0.05, 0) is 17.7 Å². The fourth-order valence-electron chi connectivity index (χ4n) is 1.23. The summed E-state index contributed by atoms with van der Waals surface area (Å²) in [5.74, 6) is -0.440. The van der Waals surface area contributed by atoms with Crippen molar-refractivity contribution in [1.82, 2.24) is 15.4 Å². The molecule has 0 aliphatic carbocycles. The van der Waals surface area contributed by atoms with Crippen molar-refractivity contribution in [1.29, 1.82) is 0 Å². The lowest BCUT2D eigenvalue weighted by atomic mass is 10.2. The Labute approximate surface area is 119 Å². The summed E-state index contributed by atoms with van der Waals surface area (Å²) in [4.78, 5) is 19.2. The Balaban J connectivity index is 2.00. The maximum atomic E-state index is 11.6. The molecule has 2 rings (SSSR count). The number of nitrogens with zero attached hydrogens (tertiary/aromatic N) is 3. The van der Waals surface area contributed by atoms with Crippen molar-refractivity contribution >= 4 is 35.3 Å². The summed E-state index contributed by atoms with van der Waals surface area (Å²) in [6, 6.07) is 5.02. The van der Waals surface area contributed by atoms with E-state index in [2.05, 4.69) is 20.5 Å². The smallest absolute Gasteiger partial charge is 0.265 e. The lowest BCUT2D eigenvalue weighted by Gasteiger charge is -1.99. The molecule has 1 N–H and O–H groups in total. The van der Waals surface area contributed by atoms with E-state index in [9.17, 15) is 4.79 Å². The van der Waals surface area contributed by atoms with Crippen LogP contribution in [-0.4, -0.2) is 22.1 Å². The first-order valence-corrected chi connectivity index (χ1v) is 5.97. The topological polar surface area (TPSA) is 67.2 Å². The number of hydrogen-bond acceptors (Lipinski definition) is 4. The Morgan fingerprint density at radius 2 is 2.11 bits per heavy atom. The van der Waals surface area contributed by atoms with Crippen LogP contribution in [0.3, 0.4) is 0 Å². The highest BCUT2D eigenvalue weighted by molar-refractivity contribution is 6.42.